The molecule has 0 spiro atoms. The van der Waals surface area contributed by atoms with E-state index in [0.29, 0.717) is 6.04 Å². The van der Waals surface area contributed by atoms with Crippen molar-refractivity contribution < 1.29 is 4.74 Å². The molecule has 19 heavy (non-hydrogen) atoms. The number of ether oxygens (including phenoxy) is 1. The highest BCUT2D eigenvalue weighted by molar-refractivity contribution is 7.11. The average Bonchev–Trinajstić information content (AvgIpc) is 2.95. The molecule has 4 heteroatoms. The molecule has 1 fully saturated rings. The van der Waals surface area contributed by atoms with Gasteiger partial charge in [-0.25, -0.2) is 4.98 Å². The number of hydrogen-bond donors (Lipinski definition) is 1. The Labute approximate surface area is 120 Å². The summed E-state index contributed by atoms with van der Waals surface area (Å²) < 4.78 is 6.10. The van der Waals surface area contributed by atoms with Crippen molar-refractivity contribution in [1.29, 1.82) is 0 Å². The van der Waals surface area contributed by atoms with Crippen molar-refractivity contribution in [3.8, 4) is 0 Å². The number of thiazole rings is 1. The molecule has 1 heterocycles. The van der Waals surface area contributed by atoms with Crippen LogP contribution in [0.4, 0.5) is 0 Å². The maximum atomic E-state index is 6.10. The number of aryl methyl sites for hydroxylation is 1. The molecule has 108 valence electrons. The van der Waals surface area contributed by atoms with Crippen molar-refractivity contribution in [2.45, 2.75) is 71.6 Å². The second-order valence-corrected chi connectivity index (χ2v) is 6.78. The lowest BCUT2D eigenvalue weighted by Gasteiger charge is -2.26. The highest BCUT2D eigenvalue weighted by Crippen LogP contribution is 2.44. The Balaban J connectivity index is 2.17. The molecule has 2 rings (SSSR count). The van der Waals surface area contributed by atoms with Crippen molar-refractivity contribution in [3.05, 3.63) is 15.6 Å². The molecule has 0 aliphatic heterocycles. The summed E-state index contributed by atoms with van der Waals surface area (Å²) in [7, 11) is 0. The van der Waals surface area contributed by atoms with Crippen molar-refractivity contribution in [1.82, 2.24) is 10.3 Å². The Morgan fingerprint density at radius 3 is 2.63 bits per heavy atom. The Bertz CT molecular complexity index is 408. The number of aromatic nitrogens is 1. The predicted molar refractivity (Wildman–Crippen MR) is 80.6 cm³/mol. The van der Waals surface area contributed by atoms with Gasteiger partial charge in [0.1, 0.15) is 10.6 Å². The number of nitrogens with one attached hydrogen (secondary N) is 1. The average molecular weight is 282 g/mol. The maximum Gasteiger partial charge on any atom is 0.125 e. The minimum absolute atomic E-state index is 0.0831. The Morgan fingerprint density at radius 2 is 2.05 bits per heavy atom. The molecule has 0 radical (unpaired) electrons. The molecule has 1 aromatic rings. The van der Waals surface area contributed by atoms with E-state index in [4.69, 9.17) is 9.72 Å². The van der Waals surface area contributed by atoms with Crippen LogP contribution >= 0.6 is 11.3 Å². The molecule has 1 aliphatic carbocycles. The van der Waals surface area contributed by atoms with E-state index in [2.05, 4.69) is 33.0 Å². The first-order valence-electron chi connectivity index (χ1n) is 7.41. The third kappa shape index (κ3) is 3.36. The Hall–Kier alpha value is -0.450. The standard InChI is InChI=1S/C15H26N2OS/c1-5-18-15(8-6-7-9-15)14-17-12(4)13(19-14)10-16-11(2)3/h11,16H,5-10H2,1-4H3. The molecule has 0 unspecified atom stereocenters. The van der Waals surface area contributed by atoms with Gasteiger partial charge >= 0.3 is 0 Å². The van der Waals surface area contributed by atoms with Crippen LogP contribution < -0.4 is 5.32 Å². The van der Waals surface area contributed by atoms with Crippen LogP contribution in [0.15, 0.2) is 0 Å². The quantitative estimate of drug-likeness (QED) is 0.862. The summed E-state index contributed by atoms with van der Waals surface area (Å²) in [6.45, 7) is 10.3. The third-order valence-corrected chi connectivity index (χ3v) is 5.13. The van der Waals surface area contributed by atoms with Crippen LogP contribution in [0.5, 0.6) is 0 Å². The molecule has 0 saturated heterocycles. The molecule has 0 amide bonds. The zero-order chi connectivity index (χ0) is 13.9. The van der Waals surface area contributed by atoms with Gasteiger partial charge in [-0.15, -0.1) is 11.3 Å². The van der Waals surface area contributed by atoms with Crippen LogP contribution in [0.2, 0.25) is 0 Å². The topological polar surface area (TPSA) is 34.1 Å². The first-order chi connectivity index (χ1) is 9.07. The van der Waals surface area contributed by atoms with Crippen LogP contribution in [0.3, 0.4) is 0 Å². The highest BCUT2D eigenvalue weighted by Gasteiger charge is 2.39. The summed E-state index contributed by atoms with van der Waals surface area (Å²) in [5.74, 6) is 0. The molecular weight excluding hydrogens is 256 g/mol. The van der Waals surface area contributed by atoms with Crippen molar-refractivity contribution in [3.63, 3.8) is 0 Å². The predicted octanol–water partition coefficient (Wildman–Crippen LogP) is 3.76. The second-order valence-electron chi connectivity index (χ2n) is 5.70. The smallest absolute Gasteiger partial charge is 0.125 e. The van der Waals surface area contributed by atoms with Crippen molar-refractivity contribution in [2.24, 2.45) is 0 Å². The van der Waals surface area contributed by atoms with E-state index < -0.39 is 0 Å². The summed E-state index contributed by atoms with van der Waals surface area (Å²) >= 11 is 1.84. The lowest BCUT2D eigenvalue weighted by atomic mass is 10.0. The number of hydrogen-bond acceptors (Lipinski definition) is 4. The molecule has 0 bridgehead atoms. The van der Waals surface area contributed by atoms with Gasteiger partial charge in [0, 0.05) is 24.1 Å². The molecule has 1 aliphatic rings. The van der Waals surface area contributed by atoms with E-state index in [9.17, 15) is 0 Å². The maximum absolute atomic E-state index is 6.10. The van der Waals surface area contributed by atoms with Gasteiger partial charge in [-0.2, -0.15) is 0 Å². The lowest BCUT2D eigenvalue weighted by Crippen LogP contribution is -2.26. The van der Waals surface area contributed by atoms with Gasteiger partial charge < -0.3 is 10.1 Å². The van der Waals surface area contributed by atoms with Crippen LogP contribution in [0, 0.1) is 6.92 Å². The van der Waals surface area contributed by atoms with Crippen molar-refractivity contribution >= 4 is 11.3 Å². The number of nitrogens with zero attached hydrogens (tertiary/aromatic N) is 1. The van der Waals surface area contributed by atoms with Crippen LogP contribution in [-0.2, 0) is 16.9 Å². The van der Waals surface area contributed by atoms with Crippen molar-refractivity contribution in [2.75, 3.05) is 6.61 Å². The van der Waals surface area contributed by atoms with Gasteiger partial charge in [0.2, 0.25) is 0 Å². The first-order valence-corrected chi connectivity index (χ1v) is 8.23. The number of rotatable bonds is 6. The van der Waals surface area contributed by atoms with Gasteiger partial charge in [0.05, 0.1) is 5.69 Å². The van der Waals surface area contributed by atoms with Gasteiger partial charge in [-0.3, -0.25) is 0 Å². The van der Waals surface area contributed by atoms with Crippen LogP contribution in [0.1, 0.15) is 62.0 Å². The van der Waals surface area contributed by atoms with Gasteiger partial charge in [-0.1, -0.05) is 26.7 Å². The minimum Gasteiger partial charge on any atom is -0.368 e. The van der Waals surface area contributed by atoms with Crippen LogP contribution in [-0.4, -0.2) is 17.6 Å². The minimum atomic E-state index is -0.0831. The molecule has 0 aromatic carbocycles. The SMILES string of the molecule is CCOC1(c2nc(C)c(CNC(C)C)s2)CCCC1. The summed E-state index contributed by atoms with van der Waals surface area (Å²) in [6, 6.07) is 0.511. The summed E-state index contributed by atoms with van der Waals surface area (Å²) in [4.78, 5) is 6.17. The fraction of sp³-hybridized carbons (Fsp3) is 0.800. The van der Waals surface area contributed by atoms with E-state index in [1.165, 1.54) is 28.4 Å². The molecular formula is C15H26N2OS. The first kappa shape index (κ1) is 14.9. The van der Waals surface area contributed by atoms with E-state index >= 15 is 0 Å². The summed E-state index contributed by atoms with van der Waals surface area (Å²) in [5.41, 5.74) is 1.08. The van der Waals surface area contributed by atoms with E-state index in [1.54, 1.807) is 0 Å². The van der Waals surface area contributed by atoms with E-state index in [-0.39, 0.29) is 5.60 Å². The molecule has 1 aromatic heterocycles. The van der Waals surface area contributed by atoms with E-state index in [0.717, 1.165) is 26.0 Å². The molecule has 3 nitrogen and oxygen atoms in total. The normalized spacial score (nSPS) is 18.4. The fourth-order valence-electron chi connectivity index (χ4n) is 2.73. The summed E-state index contributed by atoms with van der Waals surface area (Å²) in [6.07, 6.45) is 4.78. The molecule has 0 atom stereocenters. The van der Waals surface area contributed by atoms with Gasteiger partial charge in [-0.05, 0) is 26.7 Å². The molecule has 1 N–H and O–H groups in total. The summed E-state index contributed by atoms with van der Waals surface area (Å²) in [5, 5.41) is 4.68. The Morgan fingerprint density at radius 1 is 1.37 bits per heavy atom. The Kier molecular flexibility index (Phi) is 4.98. The third-order valence-electron chi connectivity index (χ3n) is 3.79. The molecule has 1 saturated carbocycles. The largest absolute Gasteiger partial charge is 0.368 e. The monoisotopic (exact) mass is 282 g/mol. The fourth-order valence-corrected chi connectivity index (χ4v) is 3.94. The zero-order valence-electron chi connectivity index (χ0n) is 12.6. The van der Waals surface area contributed by atoms with E-state index in [1.807, 2.05) is 11.3 Å². The van der Waals surface area contributed by atoms with Crippen LogP contribution in [0.25, 0.3) is 0 Å². The highest BCUT2D eigenvalue weighted by atomic mass is 32.1. The van der Waals surface area contributed by atoms with Gasteiger partial charge in [0.15, 0.2) is 0 Å². The zero-order valence-corrected chi connectivity index (χ0v) is 13.4. The lowest BCUT2D eigenvalue weighted by molar-refractivity contribution is -0.0391. The van der Waals surface area contributed by atoms with Gasteiger partial charge in [0.25, 0.3) is 0 Å². The second kappa shape index (κ2) is 6.33.